The lowest BCUT2D eigenvalue weighted by Crippen LogP contribution is -2.19. The number of hydrogen-bond acceptors (Lipinski definition) is 4. The molecule has 0 bridgehead atoms. The topological polar surface area (TPSA) is 42.7 Å². The summed E-state index contributed by atoms with van der Waals surface area (Å²) in [6.07, 6.45) is 0.943. The van der Waals surface area contributed by atoms with Crippen LogP contribution in [-0.2, 0) is 20.0 Å². The zero-order chi connectivity index (χ0) is 13.1. The maximum Gasteiger partial charge on any atom is 0.0897 e. The Hall–Kier alpha value is -0.910. The standard InChI is InChI=1S/C12H17ClN4S/c1-8-12(13)11(17(3)16-8)6-14-5-4-10-7-18-9(2)15-10/h7,14H,4-6H2,1-3H3. The summed E-state index contributed by atoms with van der Waals surface area (Å²) in [6, 6.07) is 0. The van der Waals surface area contributed by atoms with Crippen LogP contribution >= 0.6 is 22.9 Å². The Morgan fingerprint density at radius 2 is 2.22 bits per heavy atom. The Morgan fingerprint density at radius 1 is 1.44 bits per heavy atom. The molecule has 2 rings (SSSR count). The van der Waals surface area contributed by atoms with E-state index in [1.165, 1.54) is 0 Å². The molecule has 0 saturated heterocycles. The summed E-state index contributed by atoms with van der Waals surface area (Å²) in [7, 11) is 1.92. The van der Waals surface area contributed by atoms with Crippen molar-refractivity contribution in [1.29, 1.82) is 0 Å². The summed E-state index contributed by atoms with van der Waals surface area (Å²) in [5.74, 6) is 0. The average molecular weight is 285 g/mol. The van der Waals surface area contributed by atoms with Crippen molar-refractivity contribution in [1.82, 2.24) is 20.1 Å². The molecule has 0 fully saturated rings. The Kier molecular flexibility index (Phi) is 4.37. The molecule has 2 heterocycles. The second kappa shape index (κ2) is 5.82. The van der Waals surface area contributed by atoms with Crippen molar-refractivity contribution in [2.24, 2.45) is 7.05 Å². The molecule has 6 heteroatoms. The first-order valence-corrected chi connectivity index (χ1v) is 7.13. The third-order valence-corrected chi connectivity index (χ3v) is 4.09. The van der Waals surface area contributed by atoms with E-state index in [1.807, 2.05) is 25.6 Å². The van der Waals surface area contributed by atoms with Crippen LogP contribution in [0.4, 0.5) is 0 Å². The van der Waals surface area contributed by atoms with Crippen molar-refractivity contribution in [3.63, 3.8) is 0 Å². The van der Waals surface area contributed by atoms with Crippen molar-refractivity contribution in [3.05, 3.63) is 32.5 Å². The van der Waals surface area contributed by atoms with Crippen molar-refractivity contribution < 1.29 is 0 Å². The summed E-state index contributed by atoms with van der Waals surface area (Å²) in [4.78, 5) is 4.43. The summed E-state index contributed by atoms with van der Waals surface area (Å²) in [5.41, 5.74) is 3.06. The highest BCUT2D eigenvalue weighted by Gasteiger charge is 2.10. The first-order chi connectivity index (χ1) is 8.58. The molecular weight excluding hydrogens is 268 g/mol. The lowest BCUT2D eigenvalue weighted by Gasteiger charge is -2.04. The van der Waals surface area contributed by atoms with E-state index in [1.54, 1.807) is 11.3 Å². The van der Waals surface area contributed by atoms with E-state index in [0.717, 1.165) is 46.6 Å². The number of hydrogen-bond donors (Lipinski definition) is 1. The Bertz CT molecular complexity index is 532. The van der Waals surface area contributed by atoms with Crippen LogP contribution < -0.4 is 5.32 Å². The van der Waals surface area contributed by atoms with Gasteiger partial charge in [0.1, 0.15) is 0 Å². The highest BCUT2D eigenvalue weighted by atomic mass is 35.5. The second-order valence-corrected chi connectivity index (χ2v) is 5.69. The van der Waals surface area contributed by atoms with Crippen LogP contribution in [0, 0.1) is 13.8 Å². The molecular formula is C12H17ClN4S. The summed E-state index contributed by atoms with van der Waals surface area (Å²) < 4.78 is 1.83. The molecule has 0 atom stereocenters. The summed E-state index contributed by atoms with van der Waals surface area (Å²) >= 11 is 7.87. The molecule has 1 N–H and O–H groups in total. The van der Waals surface area contributed by atoms with Crippen molar-refractivity contribution in [2.45, 2.75) is 26.8 Å². The lowest BCUT2D eigenvalue weighted by atomic mass is 10.3. The third kappa shape index (κ3) is 3.10. The first-order valence-electron chi connectivity index (χ1n) is 5.87. The van der Waals surface area contributed by atoms with Gasteiger partial charge in [0.05, 0.1) is 27.1 Å². The van der Waals surface area contributed by atoms with E-state index in [0.29, 0.717) is 0 Å². The Labute approximate surface area is 116 Å². The first kappa shape index (κ1) is 13.5. The van der Waals surface area contributed by atoms with Gasteiger partial charge in [0.15, 0.2) is 0 Å². The van der Waals surface area contributed by atoms with E-state index in [-0.39, 0.29) is 0 Å². The molecule has 0 aromatic carbocycles. The number of thiazole rings is 1. The van der Waals surface area contributed by atoms with Gasteiger partial charge in [-0.25, -0.2) is 4.98 Å². The van der Waals surface area contributed by atoms with E-state index < -0.39 is 0 Å². The van der Waals surface area contributed by atoms with Gasteiger partial charge in [-0.05, 0) is 13.8 Å². The minimum atomic E-state index is 0.735. The van der Waals surface area contributed by atoms with Crippen LogP contribution in [0.15, 0.2) is 5.38 Å². The number of rotatable bonds is 5. The smallest absolute Gasteiger partial charge is 0.0897 e. The van der Waals surface area contributed by atoms with Gasteiger partial charge in [0.2, 0.25) is 0 Å². The van der Waals surface area contributed by atoms with Crippen LogP contribution in [-0.4, -0.2) is 21.3 Å². The number of nitrogens with zero attached hydrogens (tertiary/aromatic N) is 3. The van der Waals surface area contributed by atoms with Gasteiger partial charge in [0, 0.05) is 31.9 Å². The Morgan fingerprint density at radius 3 is 2.78 bits per heavy atom. The minimum Gasteiger partial charge on any atom is -0.311 e. The van der Waals surface area contributed by atoms with Crippen LogP contribution in [0.25, 0.3) is 0 Å². The normalized spacial score (nSPS) is 11.1. The minimum absolute atomic E-state index is 0.735. The molecule has 2 aromatic heterocycles. The molecule has 0 radical (unpaired) electrons. The molecule has 2 aromatic rings. The van der Waals surface area contributed by atoms with Gasteiger partial charge in [-0.15, -0.1) is 11.3 Å². The van der Waals surface area contributed by atoms with E-state index in [9.17, 15) is 0 Å². The van der Waals surface area contributed by atoms with E-state index >= 15 is 0 Å². The number of aromatic nitrogens is 3. The van der Waals surface area contributed by atoms with Crippen LogP contribution in [0.1, 0.15) is 22.1 Å². The monoisotopic (exact) mass is 284 g/mol. The number of halogens is 1. The fourth-order valence-corrected chi connectivity index (χ4v) is 2.69. The number of aryl methyl sites for hydroxylation is 3. The van der Waals surface area contributed by atoms with Gasteiger partial charge in [0.25, 0.3) is 0 Å². The van der Waals surface area contributed by atoms with Crippen LogP contribution in [0.3, 0.4) is 0 Å². The second-order valence-electron chi connectivity index (χ2n) is 4.25. The maximum absolute atomic E-state index is 6.18. The van der Waals surface area contributed by atoms with Gasteiger partial charge >= 0.3 is 0 Å². The van der Waals surface area contributed by atoms with Gasteiger partial charge < -0.3 is 5.32 Å². The molecule has 0 aliphatic rings. The average Bonchev–Trinajstić information content (AvgIpc) is 2.82. The molecule has 0 amide bonds. The van der Waals surface area contributed by atoms with Crippen molar-refractivity contribution in [2.75, 3.05) is 6.54 Å². The molecule has 98 valence electrons. The zero-order valence-corrected chi connectivity index (χ0v) is 12.4. The quantitative estimate of drug-likeness (QED) is 0.858. The predicted molar refractivity (Wildman–Crippen MR) is 75.2 cm³/mol. The molecule has 0 aliphatic heterocycles. The van der Waals surface area contributed by atoms with Crippen molar-refractivity contribution in [3.8, 4) is 0 Å². The van der Waals surface area contributed by atoms with Gasteiger partial charge in [-0.2, -0.15) is 5.10 Å². The summed E-state index contributed by atoms with van der Waals surface area (Å²) in [6.45, 7) is 5.58. The molecule has 0 unspecified atom stereocenters. The Balaban J connectivity index is 1.82. The van der Waals surface area contributed by atoms with E-state index in [4.69, 9.17) is 11.6 Å². The predicted octanol–water partition coefficient (Wildman–Crippen LogP) is 2.48. The highest BCUT2D eigenvalue weighted by molar-refractivity contribution is 7.09. The summed E-state index contributed by atoms with van der Waals surface area (Å²) in [5, 5.41) is 11.6. The maximum atomic E-state index is 6.18. The van der Waals surface area contributed by atoms with Crippen LogP contribution in [0.5, 0.6) is 0 Å². The largest absolute Gasteiger partial charge is 0.311 e. The van der Waals surface area contributed by atoms with Gasteiger partial charge in [-0.1, -0.05) is 11.6 Å². The number of nitrogens with one attached hydrogen (secondary N) is 1. The van der Waals surface area contributed by atoms with Crippen LogP contribution in [0.2, 0.25) is 5.02 Å². The highest BCUT2D eigenvalue weighted by Crippen LogP contribution is 2.18. The van der Waals surface area contributed by atoms with E-state index in [2.05, 4.69) is 20.8 Å². The molecule has 0 spiro atoms. The SMILES string of the molecule is Cc1nc(CCNCc2c(Cl)c(C)nn2C)cs1. The fourth-order valence-electron chi connectivity index (χ4n) is 1.82. The van der Waals surface area contributed by atoms with Gasteiger partial charge in [-0.3, -0.25) is 4.68 Å². The molecule has 0 aliphatic carbocycles. The van der Waals surface area contributed by atoms with Crippen molar-refractivity contribution >= 4 is 22.9 Å². The zero-order valence-electron chi connectivity index (χ0n) is 10.8. The molecule has 18 heavy (non-hydrogen) atoms. The lowest BCUT2D eigenvalue weighted by molar-refractivity contribution is 0.622. The third-order valence-electron chi connectivity index (χ3n) is 2.78. The fraction of sp³-hybridized carbons (Fsp3) is 0.500. The molecule has 4 nitrogen and oxygen atoms in total. The molecule has 0 saturated carbocycles.